The molecule has 1 aromatic heterocycles. The number of carbonyl (C=O) groups is 2. The van der Waals surface area contributed by atoms with E-state index >= 15 is 0 Å². The van der Waals surface area contributed by atoms with E-state index in [0.717, 1.165) is 17.7 Å². The maximum Gasteiger partial charge on any atom is 0.341 e. The molecule has 0 saturated heterocycles. The zero-order valence-corrected chi connectivity index (χ0v) is 15.8. The van der Waals surface area contributed by atoms with Crippen LogP contribution in [0, 0.1) is 0 Å². The van der Waals surface area contributed by atoms with Crippen LogP contribution in [0.3, 0.4) is 0 Å². The quantitative estimate of drug-likeness (QED) is 0.659. The topological polar surface area (TPSA) is 55.4 Å². The van der Waals surface area contributed by atoms with Crippen molar-refractivity contribution in [1.29, 1.82) is 0 Å². The monoisotopic (exact) mass is 359 g/mol. The van der Waals surface area contributed by atoms with Gasteiger partial charge in [0, 0.05) is 17.2 Å². The Labute approximate surface area is 153 Å². The molecule has 0 unspecified atom stereocenters. The second kappa shape index (κ2) is 9.37. The van der Waals surface area contributed by atoms with Crippen LogP contribution < -0.4 is 5.32 Å². The van der Waals surface area contributed by atoms with Gasteiger partial charge in [-0.15, -0.1) is 11.3 Å². The molecule has 25 heavy (non-hydrogen) atoms. The molecule has 2 rings (SSSR count). The third-order valence-electron chi connectivity index (χ3n) is 3.98. The van der Waals surface area contributed by atoms with E-state index < -0.39 is 5.97 Å². The summed E-state index contributed by atoms with van der Waals surface area (Å²) in [5, 5.41) is 3.47. The molecule has 0 radical (unpaired) electrons. The highest BCUT2D eigenvalue weighted by Crippen LogP contribution is 2.36. The highest BCUT2D eigenvalue weighted by Gasteiger charge is 2.21. The molecule has 0 saturated carbocycles. The molecule has 0 spiro atoms. The summed E-state index contributed by atoms with van der Waals surface area (Å²) in [6.45, 7) is 6.22. The van der Waals surface area contributed by atoms with Crippen molar-refractivity contribution in [3.63, 3.8) is 0 Å². The SMILES string of the molecule is CCCCC(=O)Nc1sc([C@H](C)c2ccccc2)cc1C(=O)OCC. The van der Waals surface area contributed by atoms with Gasteiger partial charge >= 0.3 is 5.97 Å². The molecule has 0 aliphatic rings. The Balaban J connectivity index is 2.28. The first kappa shape index (κ1) is 19.2. The van der Waals surface area contributed by atoms with Gasteiger partial charge in [0.25, 0.3) is 0 Å². The molecule has 4 nitrogen and oxygen atoms in total. The van der Waals surface area contributed by atoms with Crippen LogP contribution in [-0.2, 0) is 9.53 Å². The fourth-order valence-corrected chi connectivity index (χ4v) is 3.65. The van der Waals surface area contributed by atoms with Gasteiger partial charge in [0.2, 0.25) is 5.91 Å². The van der Waals surface area contributed by atoms with Crippen molar-refractivity contribution < 1.29 is 14.3 Å². The summed E-state index contributed by atoms with van der Waals surface area (Å²) in [7, 11) is 0. The second-order valence-electron chi connectivity index (χ2n) is 5.90. The van der Waals surface area contributed by atoms with E-state index in [2.05, 4.69) is 24.4 Å². The van der Waals surface area contributed by atoms with Crippen molar-refractivity contribution >= 4 is 28.2 Å². The normalized spacial score (nSPS) is 11.8. The predicted molar refractivity (Wildman–Crippen MR) is 102 cm³/mol. The van der Waals surface area contributed by atoms with E-state index in [4.69, 9.17) is 4.74 Å². The summed E-state index contributed by atoms with van der Waals surface area (Å²) in [6, 6.07) is 11.9. The van der Waals surface area contributed by atoms with E-state index in [1.54, 1.807) is 6.92 Å². The van der Waals surface area contributed by atoms with Crippen LogP contribution in [0.2, 0.25) is 0 Å². The molecule has 1 amide bonds. The zero-order chi connectivity index (χ0) is 18.2. The van der Waals surface area contributed by atoms with E-state index in [0.29, 0.717) is 23.6 Å². The van der Waals surface area contributed by atoms with Crippen LogP contribution in [-0.4, -0.2) is 18.5 Å². The highest BCUT2D eigenvalue weighted by molar-refractivity contribution is 7.16. The van der Waals surface area contributed by atoms with Gasteiger partial charge in [-0.25, -0.2) is 4.79 Å². The molecule has 0 bridgehead atoms. The number of unbranched alkanes of at least 4 members (excludes halogenated alkanes) is 1. The Kier molecular flexibility index (Phi) is 7.19. The molecule has 0 aliphatic carbocycles. The molecule has 0 fully saturated rings. The van der Waals surface area contributed by atoms with Crippen molar-refractivity contribution in [2.24, 2.45) is 0 Å². The van der Waals surface area contributed by atoms with Crippen LogP contribution in [0.4, 0.5) is 5.00 Å². The smallest absolute Gasteiger partial charge is 0.341 e. The van der Waals surface area contributed by atoms with E-state index in [-0.39, 0.29) is 11.8 Å². The Bertz CT molecular complexity index is 709. The van der Waals surface area contributed by atoms with Gasteiger partial charge < -0.3 is 10.1 Å². The molecular formula is C20H25NO3S. The molecule has 1 aromatic carbocycles. The number of ether oxygens (including phenoxy) is 1. The lowest BCUT2D eigenvalue weighted by Gasteiger charge is -2.09. The van der Waals surface area contributed by atoms with Gasteiger partial charge in [-0.05, 0) is 25.0 Å². The summed E-state index contributed by atoms with van der Waals surface area (Å²) in [6.07, 6.45) is 2.25. The van der Waals surface area contributed by atoms with Gasteiger partial charge in [0.1, 0.15) is 5.00 Å². The summed E-state index contributed by atoms with van der Waals surface area (Å²) >= 11 is 1.45. The number of hydrogen-bond acceptors (Lipinski definition) is 4. The average molecular weight is 359 g/mol. The van der Waals surface area contributed by atoms with E-state index in [1.807, 2.05) is 31.2 Å². The number of amides is 1. The maximum atomic E-state index is 12.3. The number of rotatable bonds is 8. The van der Waals surface area contributed by atoms with E-state index in [9.17, 15) is 9.59 Å². The summed E-state index contributed by atoms with van der Waals surface area (Å²) in [5.41, 5.74) is 1.61. The first-order chi connectivity index (χ1) is 12.1. The van der Waals surface area contributed by atoms with Gasteiger partial charge in [0.05, 0.1) is 12.2 Å². The van der Waals surface area contributed by atoms with Crippen LogP contribution in [0.25, 0.3) is 0 Å². The minimum atomic E-state index is -0.393. The Morgan fingerprint density at radius 2 is 1.92 bits per heavy atom. The lowest BCUT2D eigenvalue weighted by molar-refractivity contribution is -0.116. The highest BCUT2D eigenvalue weighted by atomic mass is 32.1. The Morgan fingerprint density at radius 3 is 2.56 bits per heavy atom. The standard InChI is InChI=1S/C20H25NO3S/c1-4-6-12-18(22)21-19-16(20(23)24-5-2)13-17(25-19)14(3)15-10-8-7-9-11-15/h7-11,13-14H,4-6,12H2,1-3H3,(H,21,22)/t14-/m1/s1. The van der Waals surface area contributed by atoms with Gasteiger partial charge in [-0.1, -0.05) is 50.6 Å². The molecule has 1 heterocycles. The molecular weight excluding hydrogens is 334 g/mol. The first-order valence-corrected chi connectivity index (χ1v) is 9.54. The predicted octanol–water partition coefficient (Wildman–Crippen LogP) is 5.21. The molecule has 134 valence electrons. The molecule has 5 heteroatoms. The molecule has 1 atom stereocenters. The van der Waals surface area contributed by atoms with Crippen molar-refractivity contribution in [3.05, 3.63) is 52.4 Å². The lowest BCUT2D eigenvalue weighted by atomic mass is 9.99. The number of carbonyl (C=O) groups excluding carboxylic acids is 2. The van der Waals surface area contributed by atoms with Gasteiger partial charge in [-0.3, -0.25) is 4.79 Å². The Hall–Kier alpha value is -2.14. The third-order valence-corrected chi connectivity index (χ3v) is 5.22. The first-order valence-electron chi connectivity index (χ1n) is 8.72. The van der Waals surface area contributed by atoms with Crippen molar-refractivity contribution in [1.82, 2.24) is 0 Å². The zero-order valence-electron chi connectivity index (χ0n) is 15.0. The maximum absolute atomic E-state index is 12.3. The van der Waals surface area contributed by atoms with Crippen LogP contribution in [0.15, 0.2) is 36.4 Å². The molecule has 0 aliphatic heterocycles. The number of thiophene rings is 1. The van der Waals surface area contributed by atoms with E-state index in [1.165, 1.54) is 16.9 Å². The molecule has 2 aromatic rings. The fourth-order valence-electron chi connectivity index (χ4n) is 2.51. The van der Waals surface area contributed by atoms with Crippen LogP contribution >= 0.6 is 11.3 Å². The number of benzene rings is 1. The number of nitrogens with one attached hydrogen (secondary N) is 1. The third kappa shape index (κ3) is 5.16. The summed E-state index contributed by atoms with van der Waals surface area (Å²) < 4.78 is 5.15. The number of anilines is 1. The second-order valence-corrected chi connectivity index (χ2v) is 6.98. The van der Waals surface area contributed by atoms with Crippen LogP contribution in [0.1, 0.15) is 66.8 Å². The number of esters is 1. The van der Waals surface area contributed by atoms with Crippen molar-refractivity contribution in [2.45, 2.75) is 46.0 Å². The summed E-state index contributed by atoms with van der Waals surface area (Å²) in [4.78, 5) is 25.4. The fraction of sp³-hybridized carbons (Fsp3) is 0.400. The van der Waals surface area contributed by atoms with Crippen molar-refractivity contribution in [3.8, 4) is 0 Å². The minimum absolute atomic E-state index is 0.0619. The minimum Gasteiger partial charge on any atom is -0.462 e. The Morgan fingerprint density at radius 1 is 1.20 bits per heavy atom. The lowest BCUT2D eigenvalue weighted by Crippen LogP contribution is -2.13. The number of hydrogen-bond donors (Lipinski definition) is 1. The van der Waals surface area contributed by atoms with Crippen molar-refractivity contribution in [2.75, 3.05) is 11.9 Å². The van der Waals surface area contributed by atoms with Gasteiger partial charge in [0.15, 0.2) is 0 Å². The molecule has 1 N–H and O–H groups in total. The van der Waals surface area contributed by atoms with Crippen LogP contribution in [0.5, 0.6) is 0 Å². The largest absolute Gasteiger partial charge is 0.462 e. The average Bonchev–Trinajstić information content (AvgIpc) is 3.04. The summed E-state index contributed by atoms with van der Waals surface area (Å²) in [5.74, 6) is -0.315. The van der Waals surface area contributed by atoms with Gasteiger partial charge in [-0.2, -0.15) is 0 Å².